The number of urea groups is 1. The van der Waals surface area contributed by atoms with Gasteiger partial charge in [0.25, 0.3) is 5.91 Å². The van der Waals surface area contributed by atoms with Gasteiger partial charge in [0.15, 0.2) is 6.10 Å². The predicted octanol–water partition coefficient (Wildman–Crippen LogP) is 1.56. The number of unbranched alkanes of at least 4 members (excludes halogenated alkanes) is 2. The van der Waals surface area contributed by atoms with E-state index < -0.39 is 90.4 Å². The largest absolute Gasteiger partial charge is 0.480 e. The summed E-state index contributed by atoms with van der Waals surface area (Å²) in [5.41, 5.74) is 6.66. The molecule has 68 heavy (non-hydrogen) atoms. The fourth-order valence-electron chi connectivity index (χ4n) is 7.07. The van der Waals surface area contributed by atoms with Gasteiger partial charge in [0, 0.05) is 23.1 Å². The maximum Gasteiger partial charge on any atom is 0.326 e. The van der Waals surface area contributed by atoms with Crippen molar-refractivity contribution in [2.24, 2.45) is 17.6 Å². The Labute approximate surface area is 409 Å². The van der Waals surface area contributed by atoms with Crippen molar-refractivity contribution in [2.75, 3.05) is 25.5 Å². The van der Waals surface area contributed by atoms with Crippen LogP contribution in [0.3, 0.4) is 0 Å². The summed E-state index contributed by atoms with van der Waals surface area (Å²) in [6.45, 7) is 7.03. The van der Waals surface area contributed by atoms with Gasteiger partial charge >= 0.3 is 18.0 Å². The van der Waals surface area contributed by atoms with Crippen LogP contribution in [0.15, 0.2) is 42.5 Å². The maximum atomic E-state index is 13.9. The van der Waals surface area contributed by atoms with Crippen molar-refractivity contribution in [3.05, 3.63) is 57.2 Å². The van der Waals surface area contributed by atoms with Crippen LogP contribution in [0.5, 0.6) is 5.75 Å². The van der Waals surface area contributed by atoms with Gasteiger partial charge in [-0.2, -0.15) is 0 Å². The van der Waals surface area contributed by atoms with Gasteiger partial charge in [-0.1, -0.05) is 45.9 Å². The minimum Gasteiger partial charge on any atom is -0.480 e. The zero-order valence-electron chi connectivity index (χ0n) is 39.1. The van der Waals surface area contributed by atoms with E-state index in [0.717, 1.165) is 16.4 Å². The molecule has 3 rings (SSSR count). The second-order valence-electron chi connectivity index (χ2n) is 17.2. The lowest BCUT2D eigenvalue weighted by Crippen LogP contribution is -2.63. The van der Waals surface area contributed by atoms with Gasteiger partial charge in [0.05, 0.1) is 17.6 Å². The van der Waals surface area contributed by atoms with Crippen LogP contribution in [-0.2, 0) is 51.3 Å². The maximum absolute atomic E-state index is 13.9. The highest BCUT2D eigenvalue weighted by atomic mass is 127. The Morgan fingerprint density at radius 3 is 2.07 bits per heavy atom. The number of nitrogens with two attached hydrogens (primary N) is 1. The monoisotopic (exact) mass is 1070 g/mol. The van der Waals surface area contributed by atoms with Crippen LogP contribution >= 0.6 is 22.6 Å². The summed E-state index contributed by atoms with van der Waals surface area (Å²) >= 11 is 2.24. The Kier molecular flexibility index (Phi) is 24.4. The van der Waals surface area contributed by atoms with E-state index in [0.29, 0.717) is 24.8 Å². The number of carboxylic acids is 1. The molecule has 2 aromatic carbocycles. The summed E-state index contributed by atoms with van der Waals surface area (Å²) in [4.78, 5) is 88.9. The minimum absolute atomic E-state index is 0.0423. The number of esters is 1. The van der Waals surface area contributed by atoms with Crippen LogP contribution in [-0.4, -0.2) is 131 Å². The summed E-state index contributed by atoms with van der Waals surface area (Å²) in [6, 6.07) is 8.33. The first-order valence-corrected chi connectivity index (χ1v) is 23.8. The van der Waals surface area contributed by atoms with Crippen molar-refractivity contribution < 1.29 is 68.2 Å². The number of carbonyl (C=O) groups excluding carboxylic acids is 6. The number of nitrogens with one attached hydrogen (secondary N) is 6. The molecule has 1 aliphatic heterocycles. The lowest BCUT2D eigenvalue weighted by Gasteiger charge is -2.40. The van der Waals surface area contributed by atoms with Crippen LogP contribution in [0, 0.1) is 15.4 Å². The number of carbonyl (C=O) groups is 7. The average Bonchev–Trinajstić information content (AvgIpc) is 3.28. The highest BCUT2D eigenvalue weighted by Gasteiger charge is 2.48. The molecule has 0 saturated carbocycles. The van der Waals surface area contributed by atoms with E-state index in [1.54, 1.807) is 20.9 Å². The molecule has 1 saturated heterocycles. The zero-order valence-corrected chi connectivity index (χ0v) is 41.3. The number of amides is 6. The quantitative estimate of drug-likeness (QED) is 0.0327. The van der Waals surface area contributed by atoms with Crippen molar-refractivity contribution in [1.82, 2.24) is 26.6 Å². The van der Waals surface area contributed by atoms with Crippen molar-refractivity contribution in [3.8, 4) is 5.75 Å². The van der Waals surface area contributed by atoms with Crippen LogP contribution < -0.4 is 42.4 Å². The number of aryl methyl sites for hydroxylation is 1. The predicted molar refractivity (Wildman–Crippen MR) is 257 cm³/mol. The highest BCUT2D eigenvalue weighted by Crippen LogP contribution is 2.32. The molecule has 0 unspecified atom stereocenters. The number of aliphatic carboxylic acids is 1. The molecule has 2 aromatic rings. The summed E-state index contributed by atoms with van der Waals surface area (Å²) < 4.78 is 18.2. The summed E-state index contributed by atoms with van der Waals surface area (Å²) in [7, 11) is 1.60. The van der Waals surface area contributed by atoms with Crippen LogP contribution in [0.2, 0.25) is 0 Å². The first-order valence-electron chi connectivity index (χ1n) is 22.7. The van der Waals surface area contributed by atoms with Crippen LogP contribution in [0.25, 0.3) is 0 Å². The van der Waals surface area contributed by atoms with Gasteiger partial charge in [-0.15, -0.1) is 0 Å². The number of hydrogen-bond acceptors (Lipinski definition) is 14. The van der Waals surface area contributed by atoms with E-state index in [-0.39, 0.29) is 68.6 Å². The summed E-state index contributed by atoms with van der Waals surface area (Å²) in [6.07, 6.45) is -6.34. The van der Waals surface area contributed by atoms with Gasteiger partial charge in [0.1, 0.15) is 42.8 Å². The smallest absolute Gasteiger partial charge is 0.326 e. The average molecular weight is 1070 g/mol. The SMILES string of the molecule is CN[C@@H](C(=O)N[C@H](CCCNC(N)=O)C(=O)Nc1ccc(COC(=O)C(C)C)cc1O[C@H]1O[C@@H](C(=O)N[C@H](CCCCNC(=O)CCCCc2ccc(I)cc2)C(=O)O)[C@H](O)[C@@H](O)[C@@H]1O)C(C)C. The van der Waals surface area contributed by atoms with E-state index in [1.807, 2.05) is 26.0 Å². The Morgan fingerprint density at radius 1 is 0.779 bits per heavy atom. The van der Waals surface area contributed by atoms with Crippen LogP contribution in [0.1, 0.15) is 90.2 Å². The molecule has 8 atom stereocenters. The van der Waals surface area contributed by atoms with Gasteiger partial charge < -0.3 is 72.3 Å². The van der Waals surface area contributed by atoms with Crippen molar-refractivity contribution >= 4 is 69.9 Å². The second kappa shape index (κ2) is 29.0. The molecular weight excluding hydrogens is 1000 g/mol. The van der Waals surface area contributed by atoms with E-state index in [9.17, 15) is 54.0 Å². The van der Waals surface area contributed by atoms with Gasteiger partial charge in [-0.3, -0.25) is 24.0 Å². The molecule has 1 heterocycles. The molecule has 21 nitrogen and oxygen atoms in total. The molecule has 0 bridgehead atoms. The van der Waals surface area contributed by atoms with E-state index in [4.69, 9.17) is 19.9 Å². The fourth-order valence-corrected chi connectivity index (χ4v) is 7.43. The topological polar surface area (TPSA) is 326 Å². The normalized spacial score (nSPS) is 19.2. The number of benzene rings is 2. The number of rotatable bonds is 28. The Bertz CT molecular complexity index is 1990. The molecule has 6 amide bonds. The molecule has 1 aliphatic rings. The van der Waals surface area contributed by atoms with Crippen molar-refractivity contribution in [2.45, 2.75) is 141 Å². The summed E-state index contributed by atoms with van der Waals surface area (Å²) in [5.74, 6) is -5.24. The number of aliphatic hydroxyl groups excluding tert-OH is 3. The third-order valence-corrected chi connectivity index (χ3v) is 11.7. The van der Waals surface area contributed by atoms with Gasteiger partial charge in [-0.05, 0) is 122 Å². The van der Waals surface area contributed by atoms with Crippen molar-refractivity contribution in [3.63, 3.8) is 0 Å². The number of ether oxygens (including phenoxy) is 3. The number of carboxylic acid groups (broad SMARTS) is 1. The molecule has 0 aliphatic carbocycles. The zero-order chi connectivity index (χ0) is 50.5. The second-order valence-corrected chi connectivity index (χ2v) is 18.4. The Morgan fingerprint density at radius 2 is 1.44 bits per heavy atom. The summed E-state index contributed by atoms with van der Waals surface area (Å²) in [5, 5.41) is 58.6. The molecule has 1 fully saturated rings. The molecule has 12 N–H and O–H groups in total. The first kappa shape index (κ1) is 57.2. The van der Waals surface area contributed by atoms with Gasteiger partial charge in [0.2, 0.25) is 24.0 Å². The molecule has 22 heteroatoms. The van der Waals surface area contributed by atoms with E-state index in [2.05, 4.69) is 66.6 Å². The number of likely N-dealkylation sites (N-methyl/N-ethyl adjacent to an activating group) is 1. The lowest BCUT2D eigenvalue weighted by atomic mass is 9.97. The number of aliphatic hydroxyl groups is 3. The minimum atomic E-state index is -2.05. The molecule has 0 spiro atoms. The van der Waals surface area contributed by atoms with Gasteiger partial charge in [-0.25, -0.2) is 9.59 Å². The highest BCUT2D eigenvalue weighted by molar-refractivity contribution is 14.1. The lowest BCUT2D eigenvalue weighted by molar-refractivity contribution is -0.266. The first-order chi connectivity index (χ1) is 32.2. The number of primary amides is 1. The third-order valence-electron chi connectivity index (χ3n) is 11.0. The Hall–Kier alpha value is -5.14. The standard InChI is InChI=1S/C46H68IN7O14/c1-25(2)35(49-5)41(60)53-31(13-10-22-51-46(48)65)40(59)52-30-20-17-28(24-66-44(64)26(3)4)23-33(30)67-45-38(58)36(56)37(57)39(68-45)42(61)54-32(43(62)63)12-8-9-21-50-34(55)14-7-6-11-27-15-18-29(47)19-16-27/h15-20,23,25-26,31-32,35-39,45,49,56-58H,6-14,21-22,24H2,1-5H3,(H,50,55)(H,52,59)(H,53,60)(H,54,61)(H,62,63)(H3,48,51,65)/t31-,32-,35-,36-,37-,38+,39-,45+/m1/s1. The van der Waals surface area contributed by atoms with E-state index >= 15 is 0 Å². The molecular formula is C46H68IN7O14. The third kappa shape index (κ3) is 19.1. The van der Waals surface area contributed by atoms with E-state index in [1.165, 1.54) is 23.8 Å². The number of hydrogen-bond donors (Lipinski definition) is 11. The van der Waals surface area contributed by atoms with Crippen molar-refractivity contribution in [1.29, 1.82) is 0 Å². The fraction of sp³-hybridized carbons (Fsp3) is 0.587. The molecule has 0 radical (unpaired) electrons. The molecule has 0 aromatic heterocycles. The van der Waals surface area contributed by atoms with Crippen LogP contribution in [0.4, 0.5) is 10.5 Å². The molecule has 378 valence electrons. The number of anilines is 1. The Balaban J connectivity index is 1.73. The number of halogens is 1.